The maximum atomic E-state index is 12.4. The van der Waals surface area contributed by atoms with Crippen molar-refractivity contribution in [2.24, 2.45) is 0 Å². The smallest absolute Gasteiger partial charge is 0.246 e. The van der Waals surface area contributed by atoms with Crippen molar-refractivity contribution in [2.45, 2.75) is 19.0 Å². The Morgan fingerprint density at radius 2 is 2.11 bits per heavy atom. The highest BCUT2D eigenvalue weighted by Gasteiger charge is 2.30. The number of thioether (sulfide) groups is 1. The zero-order chi connectivity index (χ0) is 13.2. The van der Waals surface area contributed by atoms with Gasteiger partial charge in [-0.1, -0.05) is 24.3 Å². The lowest BCUT2D eigenvalue weighted by Gasteiger charge is -2.33. The minimum absolute atomic E-state index is 0.0352. The third kappa shape index (κ3) is 2.61. The average Bonchev–Trinajstić information content (AvgIpc) is 2.46. The summed E-state index contributed by atoms with van der Waals surface area (Å²) in [7, 11) is 0. The summed E-state index contributed by atoms with van der Waals surface area (Å²) in [5.74, 6) is 1.16. The maximum absolute atomic E-state index is 12.4. The van der Waals surface area contributed by atoms with Crippen molar-refractivity contribution in [3.63, 3.8) is 0 Å². The molecule has 3 rings (SSSR count). The van der Waals surface area contributed by atoms with Gasteiger partial charge in [0, 0.05) is 18.8 Å². The van der Waals surface area contributed by atoms with Crippen molar-refractivity contribution in [1.29, 1.82) is 0 Å². The molecule has 1 atom stereocenters. The highest BCUT2D eigenvalue weighted by atomic mass is 32.2. The molecule has 0 spiro atoms. The minimum atomic E-state index is -0.350. The second kappa shape index (κ2) is 5.25. The molecule has 0 radical (unpaired) electrons. The second-order valence-corrected chi connectivity index (χ2v) is 5.94. The van der Waals surface area contributed by atoms with E-state index in [1.54, 1.807) is 0 Å². The Hall–Kier alpha value is -1.49. The van der Waals surface area contributed by atoms with E-state index in [0.29, 0.717) is 18.1 Å². The molecule has 0 aliphatic carbocycles. The molecule has 1 N–H and O–H groups in total. The molecule has 1 fully saturated rings. The largest absolute Gasteiger partial charge is 0.343 e. The van der Waals surface area contributed by atoms with Gasteiger partial charge >= 0.3 is 0 Å². The summed E-state index contributed by atoms with van der Waals surface area (Å²) < 4.78 is 0. The standard InChI is InChI=1S/C14H16N2O2S/c17-13-9-19-8-12(15-13)14(18)16-6-5-10-3-1-2-4-11(10)7-16/h1-4,12H,5-9H2,(H,15,17). The predicted octanol–water partition coefficient (Wildman–Crippen LogP) is 0.803. The molecule has 19 heavy (non-hydrogen) atoms. The van der Waals surface area contributed by atoms with Gasteiger partial charge in [-0.15, -0.1) is 11.8 Å². The molecule has 1 aromatic carbocycles. The Morgan fingerprint density at radius 3 is 2.89 bits per heavy atom. The molecule has 4 nitrogen and oxygen atoms in total. The summed E-state index contributed by atoms with van der Waals surface area (Å²) in [6, 6.07) is 7.88. The first-order valence-electron chi connectivity index (χ1n) is 6.47. The molecule has 0 aromatic heterocycles. The summed E-state index contributed by atoms with van der Waals surface area (Å²) in [6.07, 6.45) is 0.899. The van der Waals surface area contributed by atoms with Crippen LogP contribution in [0.25, 0.3) is 0 Å². The first kappa shape index (κ1) is 12.5. The molecular formula is C14H16N2O2S. The van der Waals surface area contributed by atoms with Gasteiger partial charge in [-0.3, -0.25) is 9.59 Å². The van der Waals surface area contributed by atoms with Crippen LogP contribution in [0, 0.1) is 0 Å². The summed E-state index contributed by atoms with van der Waals surface area (Å²) in [6.45, 7) is 1.40. The van der Waals surface area contributed by atoms with Crippen LogP contribution in [0.15, 0.2) is 24.3 Å². The van der Waals surface area contributed by atoms with Gasteiger partial charge in [0.15, 0.2) is 0 Å². The van der Waals surface area contributed by atoms with E-state index in [1.165, 1.54) is 22.9 Å². The number of rotatable bonds is 1. The molecule has 1 saturated heterocycles. The van der Waals surface area contributed by atoms with Crippen LogP contribution in [0.1, 0.15) is 11.1 Å². The zero-order valence-electron chi connectivity index (χ0n) is 10.6. The Bertz CT molecular complexity index is 518. The van der Waals surface area contributed by atoms with Crippen molar-refractivity contribution in [1.82, 2.24) is 10.2 Å². The maximum Gasteiger partial charge on any atom is 0.246 e. The molecule has 2 heterocycles. The summed E-state index contributed by atoms with van der Waals surface area (Å²) >= 11 is 1.53. The predicted molar refractivity (Wildman–Crippen MR) is 74.8 cm³/mol. The van der Waals surface area contributed by atoms with E-state index in [4.69, 9.17) is 0 Å². The molecule has 2 amide bonds. The van der Waals surface area contributed by atoms with Gasteiger partial charge < -0.3 is 10.2 Å². The lowest BCUT2D eigenvalue weighted by atomic mass is 9.99. The molecule has 1 unspecified atom stereocenters. The number of amides is 2. The first-order chi connectivity index (χ1) is 9.24. The highest BCUT2D eigenvalue weighted by molar-refractivity contribution is 8.00. The number of nitrogens with one attached hydrogen (secondary N) is 1. The van der Waals surface area contributed by atoms with Gasteiger partial charge in [0.25, 0.3) is 0 Å². The minimum Gasteiger partial charge on any atom is -0.343 e. The zero-order valence-corrected chi connectivity index (χ0v) is 11.4. The summed E-state index contributed by atoms with van der Waals surface area (Å²) in [4.78, 5) is 25.6. The van der Waals surface area contributed by atoms with E-state index >= 15 is 0 Å². The van der Waals surface area contributed by atoms with E-state index in [2.05, 4.69) is 17.4 Å². The van der Waals surface area contributed by atoms with Gasteiger partial charge in [0.05, 0.1) is 5.75 Å². The molecule has 0 saturated carbocycles. The molecule has 5 heteroatoms. The fourth-order valence-corrected chi connectivity index (χ4v) is 3.43. The van der Waals surface area contributed by atoms with E-state index in [0.717, 1.165) is 13.0 Å². The van der Waals surface area contributed by atoms with Gasteiger partial charge in [0.2, 0.25) is 11.8 Å². The molecule has 1 aromatic rings. The lowest BCUT2D eigenvalue weighted by Crippen LogP contribution is -2.53. The average molecular weight is 276 g/mol. The van der Waals surface area contributed by atoms with E-state index < -0.39 is 0 Å². The number of nitrogens with zero attached hydrogens (tertiary/aromatic N) is 1. The lowest BCUT2D eigenvalue weighted by molar-refractivity contribution is -0.136. The molecule has 0 bridgehead atoms. The van der Waals surface area contributed by atoms with Gasteiger partial charge in [-0.2, -0.15) is 0 Å². The Balaban J connectivity index is 1.70. The van der Waals surface area contributed by atoms with Crippen molar-refractivity contribution < 1.29 is 9.59 Å². The van der Waals surface area contributed by atoms with E-state index in [1.807, 2.05) is 17.0 Å². The fourth-order valence-electron chi connectivity index (χ4n) is 2.58. The normalized spacial score (nSPS) is 22.6. The van der Waals surface area contributed by atoms with Crippen molar-refractivity contribution in [3.05, 3.63) is 35.4 Å². The van der Waals surface area contributed by atoms with Gasteiger partial charge in [-0.25, -0.2) is 0 Å². The summed E-state index contributed by atoms with van der Waals surface area (Å²) in [5.41, 5.74) is 2.55. The monoisotopic (exact) mass is 276 g/mol. The number of hydrogen-bond donors (Lipinski definition) is 1. The van der Waals surface area contributed by atoms with Crippen molar-refractivity contribution >= 4 is 23.6 Å². The third-order valence-corrected chi connectivity index (χ3v) is 4.63. The van der Waals surface area contributed by atoms with Crippen LogP contribution in [0.5, 0.6) is 0 Å². The molecular weight excluding hydrogens is 260 g/mol. The van der Waals surface area contributed by atoms with Crippen LogP contribution in [-0.2, 0) is 22.6 Å². The third-order valence-electron chi connectivity index (χ3n) is 3.59. The number of benzene rings is 1. The van der Waals surface area contributed by atoms with Crippen molar-refractivity contribution in [3.8, 4) is 0 Å². The van der Waals surface area contributed by atoms with Gasteiger partial charge in [0.1, 0.15) is 6.04 Å². The Kier molecular flexibility index (Phi) is 3.46. The van der Waals surface area contributed by atoms with Crippen LogP contribution in [-0.4, -0.2) is 40.8 Å². The molecule has 2 aliphatic heterocycles. The van der Waals surface area contributed by atoms with Gasteiger partial charge in [-0.05, 0) is 17.5 Å². The van der Waals surface area contributed by atoms with E-state index in [9.17, 15) is 9.59 Å². The van der Waals surface area contributed by atoms with Crippen LogP contribution in [0.4, 0.5) is 0 Å². The fraction of sp³-hybridized carbons (Fsp3) is 0.429. The van der Waals surface area contributed by atoms with Crippen LogP contribution >= 0.6 is 11.8 Å². The van der Waals surface area contributed by atoms with Crippen molar-refractivity contribution in [2.75, 3.05) is 18.1 Å². The van der Waals surface area contributed by atoms with E-state index in [-0.39, 0.29) is 17.9 Å². The summed E-state index contributed by atoms with van der Waals surface area (Å²) in [5, 5.41) is 2.79. The van der Waals surface area contributed by atoms with Crippen LogP contribution in [0.3, 0.4) is 0 Å². The number of fused-ring (bicyclic) bond motifs is 1. The quantitative estimate of drug-likeness (QED) is 0.825. The Morgan fingerprint density at radius 1 is 1.32 bits per heavy atom. The first-order valence-corrected chi connectivity index (χ1v) is 7.62. The highest BCUT2D eigenvalue weighted by Crippen LogP contribution is 2.20. The second-order valence-electron chi connectivity index (χ2n) is 4.91. The number of hydrogen-bond acceptors (Lipinski definition) is 3. The topological polar surface area (TPSA) is 49.4 Å². The SMILES string of the molecule is O=C1CSCC(C(=O)N2CCc3ccccc3C2)N1. The molecule has 2 aliphatic rings. The number of carbonyl (C=O) groups is 2. The molecule has 100 valence electrons. The Labute approximate surface area is 116 Å². The number of carbonyl (C=O) groups excluding carboxylic acids is 2. The van der Waals surface area contributed by atoms with Crippen LogP contribution in [0.2, 0.25) is 0 Å². The van der Waals surface area contributed by atoms with Crippen LogP contribution < -0.4 is 5.32 Å².